The zero-order valence-corrected chi connectivity index (χ0v) is 9.44. The second-order valence-corrected chi connectivity index (χ2v) is 3.33. The molecule has 0 spiro atoms. The normalized spacial score (nSPS) is 12.2. The maximum atomic E-state index is 11.4. The number of ether oxygens (including phenoxy) is 1. The van der Waals surface area contributed by atoms with Crippen LogP contribution >= 0.6 is 0 Å². The van der Waals surface area contributed by atoms with Crippen molar-refractivity contribution in [3.05, 3.63) is 27.8 Å². The topological polar surface area (TPSA) is 76.7 Å². The predicted molar refractivity (Wildman–Crippen MR) is 56.5 cm³/mol. The number of hydrogen-bond acceptors (Lipinski definition) is 5. The first-order valence-electron chi connectivity index (χ1n) is 4.90. The standard InChI is InChI=1S/C11H14O5/c1-4-7(12)11(14)10-6(2)16-9(13)5-8(10)15-3/h5,11,14H,4H2,1-3H3/t11-/m0/s1. The quantitative estimate of drug-likeness (QED) is 0.827. The van der Waals surface area contributed by atoms with Crippen molar-refractivity contribution in [2.24, 2.45) is 0 Å². The van der Waals surface area contributed by atoms with Gasteiger partial charge in [0.15, 0.2) is 5.78 Å². The lowest BCUT2D eigenvalue weighted by molar-refractivity contribution is -0.127. The minimum absolute atomic E-state index is 0.169. The van der Waals surface area contributed by atoms with E-state index < -0.39 is 11.7 Å². The molecule has 1 atom stereocenters. The van der Waals surface area contributed by atoms with Gasteiger partial charge in [-0.15, -0.1) is 0 Å². The van der Waals surface area contributed by atoms with Crippen molar-refractivity contribution in [1.82, 2.24) is 0 Å². The highest BCUT2D eigenvalue weighted by atomic mass is 16.5. The van der Waals surface area contributed by atoms with E-state index in [2.05, 4.69) is 0 Å². The summed E-state index contributed by atoms with van der Waals surface area (Å²) in [4.78, 5) is 22.5. The summed E-state index contributed by atoms with van der Waals surface area (Å²) < 4.78 is 9.77. The zero-order valence-electron chi connectivity index (χ0n) is 9.44. The molecule has 1 aromatic heterocycles. The van der Waals surface area contributed by atoms with Gasteiger partial charge in [0.05, 0.1) is 18.7 Å². The van der Waals surface area contributed by atoms with Crippen molar-refractivity contribution in [3.63, 3.8) is 0 Å². The van der Waals surface area contributed by atoms with E-state index >= 15 is 0 Å². The molecule has 0 radical (unpaired) electrons. The van der Waals surface area contributed by atoms with Gasteiger partial charge in [0.2, 0.25) is 0 Å². The van der Waals surface area contributed by atoms with Crippen molar-refractivity contribution in [3.8, 4) is 5.75 Å². The van der Waals surface area contributed by atoms with Gasteiger partial charge in [0.1, 0.15) is 17.6 Å². The third-order valence-electron chi connectivity index (χ3n) is 2.29. The summed E-state index contributed by atoms with van der Waals surface area (Å²) in [7, 11) is 1.36. The van der Waals surface area contributed by atoms with Crippen LogP contribution in [0, 0.1) is 6.92 Å². The lowest BCUT2D eigenvalue weighted by atomic mass is 10.0. The molecule has 88 valence electrons. The molecule has 0 bridgehead atoms. The van der Waals surface area contributed by atoms with Gasteiger partial charge in [-0.1, -0.05) is 6.92 Å². The van der Waals surface area contributed by atoms with Crippen molar-refractivity contribution < 1.29 is 19.1 Å². The van der Waals surface area contributed by atoms with Gasteiger partial charge in [0, 0.05) is 6.42 Å². The summed E-state index contributed by atoms with van der Waals surface area (Å²) in [5, 5.41) is 9.78. The van der Waals surface area contributed by atoms with E-state index in [0.29, 0.717) is 0 Å². The highest BCUT2D eigenvalue weighted by Crippen LogP contribution is 2.27. The van der Waals surface area contributed by atoms with Crippen LogP contribution in [-0.4, -0.2) is 18.0 Å². The second-order valence-electron chi connectivity index (χ2n) is 3.33. The summed E-state index contributed by atoms with van der Waals surface area (Å²) in [6.45, 7) is 3.15. The van der Waals surface area contributed by atoms with E-state index in [1.165, 1.54) is 14.0 Å². The molecule has 0 amide bonds. The van der Waals surface area contributed by atoms with Gasteiger partial charge in [-0.05, 0) is 6.92 Å². The third-order valence-corrected chi connectivity index (χ3v) is 2.29. The van der Waals surface area contributed by atoms with E-state index in [4.69, 9.17) is 9.15 Å². The molecule has 0 aromatic carbocycles. The molecule has 0 aliphatic rings. The molecule has 16 heavy (non-hydrogen) atoms. The fraction of sp³-hybridized carbons (Fsp3) is 0.455. The molecule has 0 saturated heterocycles. The summed E-state index contributed by atoms with van der Waals surface area (Å²) >= 11 is 0. The van der Waals surface area contributed by atoms with E-state index in [1.807, 2.05) is 0 Å². The number of aliphatic hydroxyl groups excluding tert-OH is 1. The summed E-state index contributed by atoms with van der Waals surface area (Å²) in [6, 6.07) is 1.11. The summed E-state index contributed by atoms with van der Waals surface area (Å²) in [5.41, 5.74) is -0.358. The van der Waals surface area contributed by atoms with Crippen LogP contribution in [0.25, 0.3) is 0 Å². The average molecular weight is 226 g/mol. The van der Waals surface area contributed by atoms with E-state index in [9.17, 15) is 14.7 Å². The number of aliphatic hydroxyl groups is 1. The Morgan fingerprint density at radius 3 is 2.75 bits per heavy atom. The molecule has 0 aliphatic heterocycles. The number of hydrogen-bond donors (Lipinski definition) is 1. The van der Waals surface area contributed by atoms with Crippen LogP contribution in [0.1, 0.15) is 30.8 Å². The Morgan fingerprint density at radius 1 is 1.62 bits per heavy atom. The fourth-order valence-electron chi connectivity index (χ4n) is 1.44. The van der Waals surface area contributed by atoms with Crippen LogP contribution in [0.2, 0.25) is 0 Å². The molecule has 0 aliphatic carbocycles. The Balaban J connectivity index is 3.31. The fourth-order valence-corrected chi connectivity index (χ4v) is 1.44. The van der Waals surface area contributed by atoms with Gasteiger partial charge < -0.3 is 14.3 Å². The molecule has 1 aromatic rings. The van der Waals surface area contributed by atoms with Gasteiger partial charge in [-0.2, -0.15) is 0 Å². The van der Waals surface area contributed by atoms with Crippen molar-refractivity contribution in [2.45, 2.75) is 26.4 Å². The number of aryl methyl sites for hydroxylation is 1. The Kier molecular flexibility index (Phi) is 3.84. The smallest absolute Gasteiger partial charge is 0.339 e. The molecule has 5 heteroatoms. The predicted octanol–water partition coefficient (Wildman–Crippen LogP) is 0.969. The highest BCUT2D eigenvalue weighted by Gasteiger charge is 2.23. The van der Waals surface area contributed by atoms with Crippen LogP contribution in [0.5, 0.6) is 5.75 Å². The lowest BCUT2D eigenvalue weighted by Gasteiger charge is -2.14. The van der Waals surface area contributed by atoms with Crippen LogP contribution in [0.15, 0.2) is 15.3 Å². The van der Waals surface area contributed by atoms with E-state index in [0.717, 1.165) is 6.07 Å². The van der Waals surface area contributed by atoms with Gasteiger partial charge in [0.25, 0.3) is 0 Å². The van der Waals surface area contributed by atoms with Crippen LogP contribution in [0.3, 0.4) is 0 Å². The number of methoxy groups -OCH3 is 1. The number of carbonyl (C=O) groups excluding carboxylic acids is 1. The van der Waals surface area contributed by atoms with Gasteiger partial charge in [-0.25, -0.2) is 4.79 Å². The molecule has 1 heterocycles. The maximum Gasteiger partial charge on any atom is 0.339 e. The third kappa shape index (κ3) is 2.30. The largest absolute Gasteiger partial charge is 0.496 e. The monoisotopic (exact) mass is 226 g/mol. The Bertz CT molecular complexity index is 446. The van der Waals surface area contributed by atoms with Crippen molar-refractivity contribution >= 4 is 5.78 Å². The van der Waals surface area contributed by atoms with Crippen molar-refractivity contribution in [2.75, 3.05) is 7.11 Å². The Hall–Kier alpha value is -1.62. The van der Waals surface area contributed by atoms with Crippen LogP contribution in [-0.2, 0) is 4.79 Å². The number of ketones is 1. The number of carbonyl (C=O) groups is 1. The van der Waals surface area contributed by atoms with Crippen molar-refractivity contribution in [1.29, 1.82) is 0 Å². The average Bonchev–Trinajstić information content (AvgIpc) is 2.26. The molecule has 0 fully saturated rings. The number of rotatable bonds is 4. The number of Topliss-reactive ketones (excluding diaryl/α,β-unsaturated/α-hetero) is 1. The summed E-state index contributed by atoms with van der Waals surface area (Å²) in [5.74, 6) is 0.0111. The summed E-state index contributed by atoms with van der Waals surface area (Å²) in [6.07, 6.45) is -1.12. The minimum Gasteiger partial charge on any atom is -0.496 e. The van der Waals surface area contributed by atoms with Gasteiger partial charge in [-0.3, -0.25) is 4.79 Å². The Morgan fingerprint density at radius 2 is 2.25 bits per heavy atom. The van der Waals surface area contributed by atoms with Crippen LogP contribution < -0.4 is 10.4 Å². The van der Waals surface area contributed by atoms with Crippen LogP contribution in [0.4, 0.5) is 0 Å². The maximum absolute atomic E-state index is 11.4. The van der Waals surface area contributed by atoms with E-state index in [-0.39, 0.29) is 29.3 Å². The molecule has 0 saturated carbocycles. The molecule has 1 rings (SSSR count). The second kappa shape index (κ2) is 4.94. The van der Waals surface area contributed by atoms with E-state index in [1.54, 1.807) is 6.92 Å². The molecule has 0 unspecified atom stereocenters. The van der Waals surface area contributed by atoms with Gasteiger partial charge >= 0.3 is 5.63 Å². The first kappa shape index (κ1) is 12.4. The Labute approximate surface area is 92.7 Å². The molecule has 1 N–H and O–H groups in total. The first-order chi connectivity index (χ1) is 7.51. The molecular weight excluding hydrogens is 212 g/mol. The zero-order chi connectivity index (χ0) is 12.3. The first-order valence-corrected chi connectivity index (χ1v) is 4.90. The SMILES string of the molecule is CCC(=O)[C@H](O)c1c(OC)cc(=O)oc1C. The lowest BCUT2D eigenvalue weighted by Crippen LogP contribution is -2.15. The molecule has 5 nitrogen and oxygen atoms in total. The highest BCUT2D eigenvalue weighted by molar-refractivity contribution is 5.84. The minimum atomic E-state index is -1.32. The molecular formula is C11H14O5.